The van der Waals surface area contributed by atoms with E-state index in [2.05, 4.69) is 40.9 Å². The van der Waals surface area contributed by atoms with E-state index in [1.807, 2.05) is 0 Å². The van der Waals surface area contributed by atoms with Crippen LogP contribution in [0.4, 0.5) is 0 Å². The molecule has 30 heavy (non-hydrogen) atoms. The van der Waals surface area contributed by atoms with Gasteiger partial charge in [0.25, 0.3) is 0 Å². The summed E-state index contributed by atoms with van der Waals surface area (Å²) in [5, 5.41) is 3.51. The minimum absolute atomic E-state index is 0.317. The predicted molar refractivity (Wildman–Crippen MR) is 123 cm³/mol. The lowest BCUT2D eigenvalue weighted by Gasteiger charge is -2.35. The SMILES string of the molecule is CCNC(=NCC(C)CN1CCN(C)CC1)N1CCC(OCC2CCCCO2)CC1. The van der Waals surface area contributed by atoms with Crippen molar-refractivity contribution in [2.45, 2.75) is 58.2 Å². The van der Waals surface area contributed by atoms with Crippen LogP contribution in [0, 0.1) is 5.92 Å². The number of guanidine groups is 1. The van der Waals surface area contributed by atoms with E-state index in [0.29, 0.717) is 18.1 Å². The summed E-state index contributed by atoms with van der Waals surface area (Å²) in [5.41, 5.74) is 0. The number of piperazine rings is 1. The second-order valence-electron chi connectivity index (χ2n) is 9.41. The van der Waals surface area contributed by atoms with Gasteiger partial charge in [-0.05, 0) is 52.0 Å². The molecule has 3 fully saturated rings. The standard InChI is InChI=1S/C23H45N5O2/c1-4-24-23(25-17-20(2)18-27-14-12-26(3)13-15-27)28-10-8-21(9-11-28)30-19-22-7-5-6-16-29-22/h20-22H,4-19H2,1-3H3,(H,24,25). The fourth-order valence-electron chi connectivity index (χ4n) is 4.61. The summed E-state index contributed by atoms with van der Waals surface area (Å²) < 4.78 is 12.0. The summed E-state index contributed by atoms with van der Waals surface area (Å²) >= 11 is 0. The minimum atomic E-state index is 0.317. The summed E-state index contributed by atoms with van der Waals surface area (Å²) in [6.07, 6.45) is 6.48. The van der Waals surface area contributed by atoms with E-state index in [1.54, 1.807) is 0 Å². The van der Waals surface area contributed by atoms with Gasteiger partial charge in [0.1, 0.15) is 0 Å². The van der Waals surface area contributed by atoms with Crippen molar-refractivity contribution in [3.8, 4) is 0 Å². The maximum atomic E-state index is 6.18. The quantitative estimate of drug-likeness (QED) is 0.475. The smallest absolute Gasteiger partial charge is 0.193 e. The first-order valence-electron chi connectivity index (χ1n) is 12.3. The highest BCUT2D eigenvalue weighted by molar-refractivity contribution is 5.80. The molecule has 3 saturated heterocycles. The van der Waals surface area contributed by atoms with Crippen LogP contribution in [0.15, 0.2) is 4.99 Å². The van der Waals surface area contributed by atoms with Crippen molar-refractivity contribution in [2.24, 2.45) is 10.9 Å². The molecule has 0 spiro atoms. The Labute approximate surface area is 184 Å². The van der Waals surface area contributed by atoms with Crippen LogP contribution >= 0.6 is 0 Å². The van der Waals surface area contributed by atoms with E-state index >= 15 is 0 Å². The van der Waals surface area contributed by atoms with E-state index < -0.39 is 0 Å². The molecule has 3 heterocycles. The van der Waals surface area contributed by atoms with Gasteiger partial charge in [0.2, 0.25) is 0 Å². The third-order valence-corrected chi connectivity index (χ3v) is 6.59. The fourth-order valence-corrected chi connectivity index (χ4v) is 4.61. The zero-order chi connectivity index (χ0) is 21.2. The molecule has 7 heteroatoms. The molecule has 0 aliphatic carbocycles. The molecule has 0 radical (unpaired) electrons. The second kappa shape index (κ2) is 12.8. The van der Waals surface area contributed by atoms with Gasteiger partial charge >= 0.3 is 0 Å². The van der Waals surface area contributed by atoms with Crippen LogP contribution in [-0.4, -0.2) is 112 Å². The molecule has 0 amide bonds. The van der Waals surface area contributed by atoms with Crippen LogP contribution in [0.25, 0.3) is 0 Å². The molecular formula is C23H45N5O2. The van der Waals surface area contributed by atoms with Crippen LogP contribution in [0.3, 0.4) is 0 Å². The molecule has 3 rings (SSSR count). The Hall–Kier alpha value is -0.890. The monoisotopic (exact) mass is 423 g/mol. The van der Waals surface area contributed by atoms with Crippen LogP contribution in [0.2, 0.25) is 0 Å². The lowest BCUT2D eigenvalue weighted by Crippen LogP contribution is -2.48. The Bertz CT molecular complexity index is 496. The molecule has 0 saturated carbocycles. The highest BCUT2D eigenvalue weighted by Crippen LogP contribution is 2.18. The third-order valence-electron chi connectivity index (χ3n) is 6.59. The van der Waals surface area contributed by atoms with Crippen LogP contribution in [-0.2, 0) is 9.47 Å². The molecule has 2 atom stereocenters. The average molecular weight is 424 g/mol. The summed E-state index contributed by atoms with van der Waals surface area (Å²) in [7, 11) is 2.21. The van der Waals surface area contributed by atoms with E-state index in [1.165, 1.54) is 39.0 Å². The Kier molecular flexibility index (Phi) is 10.2. The van der Waals surface area contributed by atoms with E-state index in [4.69, 9.17) is 14.5 Å². The van der Waals surface area contributed by atoms with Gasteiger partial charge in [-0.15, -0.1) is 0 Å². The van der Waals surface area contributed by atoms with Gasteiger partial charge in [-0.3, -0.25) is 4.99 Å². The topological polar surface area (TPSA) is 52.6 Å². The molecule has 0 aromatic rings. The van der Waals surface area contributed by atoms with Gasteiger partial charge in [0.15, 0.2) is 5.96 Å². The number of hydrogen-bond donors (Lipinski definition) is 1. The Morgan fingerprint density at radius 2 is 1.87 bits per heavy atom. The van der Waals surface area contributed by atoms with Crippen molar-refractivity contribution in [3.63, 3.8) is 0 Å². The molecule has 0 bridgehead atoms. The van der Waals surface area contributed by atoms with Gasteiger partial charge in [0, 0.05) is 65.5 Å². The maximum absolute atomic E-state index is 6.18. The number of nitrogens with zero attached hydrogens (tertiary/aromatic N) is 4. The van der Waals surface area contributed by atoms with Crippen molar-refractivity contribution in [1.82, 2.24) is 20.0 Å². The Morgan fingerprint density at radius 3 is 2.53 bits per heavy atom. The van der Waals surface area contributed by atoms with Gasteiger partial charge in [-0.1, -0.05) is 6.92 Å². The van der Waals surface area contributed by atoms with E-state index in [-0.39, 0.29) is 0 Å². The Balaban J connectivity index is 1.38. The molecular weight excluding hydrogens is 378 g/mol. The number of nitrogens with one attached hydrogen (secondary N) is 1. The lowest BCUT2D eigenvalue weighted by molar-refractivity contribution is -0.0721. The molecule has 3 aliphatic heterocycles. The number of likely N-dealkylation sites (tertiary alicyclic amines) is 1. The van der Waals surface area contributed by atoms with Crippen molar-refractivity contribution in [3.05, 3.63) is 0 Å². The molecule has 0 aromatic heterocycles. The highest BCUT2D eigenvalue weighted by Gasteiger charge is 2.24. The first kappa shape index (κ1) is 23.8. The Morgan fingerprint density at radius 1 is 1.10 bits per heavy atom. The number of piperidine rings is 1. The zero-order valence-corrected chi connectivity index (χ0v) is 19.7. The minimum Gasteiger partial charge on any atom is -0.376 e. The van der Waals surface area contributed by atoms with Gasteiger partial charge in [-0.2, -0.15) is 0 Å². The molecule has 174 valence electrons. The summed E-state index contributed by atoms with van der Waals surface area (Å²) in [6, 6.07) is 0. The normalized spacial score (nSPS) is 26.7. The average Bonchev–Trinajstić information content (AvgIpc) is 2.78. The van der Waals surface area contributed by atoms with Crippen molar-refractivity contribution in [1.29, 1.82) is 0 Å². The largest absolute Gasteiger partial charge is 0.376 e. The lowest BCUT2D eigenvalue weighted by atomic mass is 10.1. The number of hydrogen-bond acceptors (Lipinski definition) is 5. The summed E-state index contributed by atoms with van der Waals surface area (Å²) in [6.45, 7) is 15.9. The van der Waals surface area contributed by atoms with Crippen molar-refractivity contribution >= 4 is 5.96 Å². The van der Waals surface area contributed by atoms with E-state index in [0.717, 1.165) is 71.2 Å². The molecule has 0 aromatic carbocycles. The van der Waals surface area contributed by atoms with Crippen LogP contribution < -0.4 is 5.32 Å². The van der Waals surface area contributed by atoms with Crippen LogP contribution in [0.5, 0.6) is 0 Å². The van der Waals surface area contributed by atoms with Gasteiger partial charge < -0.3 is 29.5 Å². The van der Waals surface area contributed by atoms with Gasteiger partial charge in [0.05, 0.1) is 18.8 Å². The van der Waals surface area contributed by atoms with Crippen molar-refractivity contribution < 1.29 is 9.47 Å². The number of aliphatic imine (C=N–C) groups is 1. The van der Waals surface area contributed by atoms with Crippen molar-refractivity contribution in [2.75, 3.05) is 79.2 Å². The number of rotatable bonds is 8. The molecule has 7 nitrogen and oxygen atoms in total. The number of likely N-dealkylation sites (N-methyl/N-ethyl adjacent to an activating group) is 1. The van der Waals surface area contributed by atoms with E-state index in [9.17, 15) is 0 Å². The second-order valence-corrected chi connectivity index (χ2v) is 9.41. The molecule has 2 unspecified atom stereocenters. The van der Waals surface area contributed by atoms with Crippen LogP contribution in [0.1, 0.15) is 46.0 Å². The molecule has 3 aliphatic rings. The fraction of sp³-hybridized carbons (Fsp3) is 0.957. The van der Waals surface area contributed by atoms with Gasteiger partial charge in [-0.25, -0.2) is 0 Å². The summed E-state index contributed by atoms with van der Waals surface area (Å²) in [4.78, 5) is 12.4. The predicted octanol–water partition coefficient (Wildman–Crippen LogP) is 1.89. The molecule has 1 N–H and O–H groups in total. The first-order valence-corrected chi connectivity index (χ1v) is 12.3. The first-order chi connectivity index (χ1) is 14.6. The maximum Gasteiger partial charge on any atom is 0.193 e. The zero-order valence-electron chi connectivity index (χ0n) is 19.7. The number of ether oxygens (including phenoxy) is 2. The third kappa shape index (κ3) is 7.98. The highest BCUT2D eigenvalue weighted by atomic mass is 16.5. The summed E-state index contributed by atoms with van der Waals surface area (Å²) in [5.74, 6) is 1.66.